The largest absolute Gasteiger partial charge is 0.337 e. The first-order chi connectivity index (χ1) is 15.0. The molecule has 0 saturated heterocycles. The number of aromatic nitrogens is 4. The Balaban J connectivity index is 1.64. The molecule has 1 aliphatic carbocycles. The number of nitrogens with zero attached hydrogens (tertiary/aromatic N) is 5. The third kappa shape index (κ3) is 4.43. The smallest absolute Gasteiger partial charge is 0.231 e. The number of nitrogens with one attached hydrogen (secondary N) is 1. The Bertz CT molecular complexity index is 1130. The number of pyridine rings is 1. The lowest BCUT2D eigenvalue weighted by molar-refractivity contribution is -0.119. The minimum atomic E-state index is -0.739. The second-order valence-electron chi connectivity index (χ2n) is 7.50. The highest BCUT2D eigenvalue weighted by Gasteiger charge is 2.35. The molecule has 1 aliphatic rings. The molecule has 0 bridgehead atoms. The predicted octanol–water partition coefficient (Wildman–Crippen LogP) is 4.34. The van der Waals surface area contributed by atoms with Crippen molar-refractivity contribution in [2.75, 3.05) is 5.75 Å². The van der Waals surface area contributed by atoms with Gasteiger partial charge in [0.2, 0.25) is 5.91 Å². The van der Waals surface area contributed by atoms with Crippen LogP contribution in [0.25, 0.3) is 17.1 Å². The van der Waals surface area contributed by atoms with Crippen molar-refractivity contribution in [2.45, 2.75) is 43.3 Å². The highest BCUT2D eigenvalue weighted by atomic mass is 35.5. The van der Waals surface area contributed by atoms with E-state index in [9.17, 15) is 10.1 Å². The van der Waals surface area contributed by atoms with Crippen LogP contribution in [0, 0.1) is 18.3 Å². The normalized spacial score (nSPS) is 14.9. The van der Waals surface area contributed by atoms with Crippen molar-refractivity contribution in [3.63, 3.8) is 0 Å². The van der Waals surface area contributed by atoms with Crippen molar-refractivity contribution in [3.05, 3.63) is 53.3 Å². The molecule has 1 saturated carbocycles. The summed E-state index contributed by atoms with van der Waals surface area (Å²) in [6.45, 7) is 1.94. The molecule has 0 spiro atoms. The molecular formula is C22H21ClN6OS. The van der Waals surface area contributed by atoms with E-state index in [-0.39, 0.29) is 11.7 Å². The molecule has 31 heavy (non-hydrogen) atoms. The van der Waals surface area contributed by atoms with Gasteiger partial charge in [0.05, 0.1) is 17.5 Å². The van der Waals surface area contributed by atoms with Gasteiger partial charge in [-0.15, -0.1) is 10.2 Å². The van der Waals surface area contributed by atoms with Crippen LogP contribution in [0.4, 0.5) is 0 Å². The van der Waals surface area contributed by atoms with Gasteiger partial charge in [0, 0.05) is 23.0 Å². The summed E-state index contributed by atoms with van der Waals surface area (Å²) in [4.78, 5) is 16.7. The third-order valence-corrected chi connectivity index (χ3v) is 6.77. The van der Waals surface area contributed by atoms with Crippen LogP contribution in [-0.2, 0) is 4.79 Å². The fourth-order valence-electron chi connectivity index (χ4n) is 3.78. The summed E-state index contributed by atoms with van der Waals surface area (Å²) in [5, 5.41) is 22.4. The van der Waals surface area contributed by atoms with Crippen molar-refractivity contribution in [2.24, 2.45) is 0 Å². The first kappa shape index (κ1) is 21.3. The first-order valence-electron chi connectivity index (χ1n) is 9.99. The fraction of sp³-hybridized carbons (Fsp3) is 0.318. The maximum absolute atomic E-state index is 12.6. The summed E-state index contributed by atoms with van der Waals surface area (Å²) in [5.74, 6) is 0.591. The molecule has 9 heteroatoms. The lowest BCUT2D eigenvalue weighted by atomic mass is 10.0. The Labute approximate surface area is 189 Å². The summed E-state index contributed by atoms with van der Waals surface area (Å²) in [5.41, 5.74) is 1.85. The van der Waals surface area contributed by atoms with Crippen molar-refractivity contribution in [3.8, 4) is 23.1 Å². The molecule has 2 heterocycles. The zero-order valence-electron chi connectivity index (χ0n) is 17.0. The number of nitriles is 1. The molecule has 1 fully saturated rings. The van der Waals surface area contributed by atoms with Gasteiger partial charge < -0.3 is 5.32 Å². The lowest BCUT2D eigenvalue weighted by Gasteiger charge is -2.21. The average Bonchev–Trinajstić information content (AvgIpc) is 3.42. The number of rotatable bonds is 6. The molecule has 0 radical (unpaired) electrons. The summed E-state index contributed by atoms with van der Waals surface area (Å²) >= 11 is 7.65. The molecule has 0 aliphatic heterocycles. The van der Waals surface area contributed by atoms with E-state index in [1.54, 1.807) is 12.4 Å². The number of carbonyl (C=O) groups is 1. The third-order valence-electron chi connectivity index (χ3n) is 5.43. The molecule has 7 nitrogen and oxygen atoms in total. The molecule has 1 aromatic carbocycles. The van der Waals surface area contributed by atoms with Gasteiger partial charge in [0.1, 0.15) is 5.54 Å². The van der Waals surface area contributed by atoms with Crippen LogP contribution in [0.2, 0.25) is 5.02 Å². The minimum absolute atomic E-state index is 0.136. The van der Waals surface area contributed by atoms with Crippen LogP contribution in [-0.4, -0.2) is 36.9 Å². The first-order valence-corrected chi connectivity index (χ1v) is 11.4. The SMILES string of the molecule is Cc1c(Cl)cccc1-n1c(SCC(=O)NC2(C#N)CCCC2)nnc1-c1ccncc1. The Hall–Kier alpha value is -2.89. The quantitative estimate of drug-likeness (QED) is 0.559. The van der Waals surface area contributed by atoms with Gasteiger partial charge in [-0.05, 0) is 62.4 Å². The van der Waals surface area contributed by atoms with Gasteiger partial charge in [-0.1, -0.05) is 29.4 Å². The van der Waals surface area contributed by atoms with E-state index in [2.05, 4.69) is 26.6 Å². The van der Waals surface area contributed by atoms with Crippen molar-refractivity contribution < 1.29 is 4.79 Å². The van der Waals surface area contributed by atoms with Crippen LogP contribution in [0.3, 0.4) is 0 Å². The van der Waals surface area contributed by atoms with E-state index < -0.39 is 5.54 Å². The molecule has 0 unspecified atom stereocenters. The number of halogens is 1. The molecular weight excluding hydrogens is 432 g/mol. The topological polar surface area (TPSA) is 96.5 Å². The van der Waals surface area contributed by atoms with Crippen molar-refractivity contribution in [1.82, 2.24) is 25.1 Å². The second kappa shape index (κ2) is 9.08. The van der Waals surface area contributed by atoms with Gasteiger partial charge in [-0.2, -0.15) is 5.26 Å². The lowest BCUT2D eigenvalue weighted by Crippen LogP contribution is -2.45. The number of amides is 1. The highest BCUT2D eigenvalue weighted by Crippen LogP contribution is 2.32. The average molecular weight is 453 g/mol. The minimum Gasteiger partial charge on any atom is -0.337 e. The van der Waals surface area contributed by atoms with Crippen LogP contribution >= 0.6 is 23.4 Å². The number of thioether (sulfide) groups is 1. The van der Waals surface area contributed by atoms with Gasteiger partial charge in [-0.3, -0.25) is 14.3 Å². The predicted molar refractivity (Wildman–Crippen MR) is 120 cm³/mol. The van der Waals surface area contributed by atoms with Crippen molar-refractivity contribution in [1.29, 1.82) is 5.26 Å². The summed E-state index contributed by atoms with van der Waals surface area (Å²) in [6.07, 6.45) is 6.70. The summed E-state index contributed by atoms with van der Waals surface area (Å²) in [6, 6.07) is 11.7. The Kier molecular flexibility index (Phi) is 6.25. The monoisotopic (exact) mass is 452 g/mol. The van der Waals surface area contributed by atoms with Gasteiger partial charge in [-0.25, -0.2) is 0 Å². The molecule has 1 N–H and O–H groups in total. The fourth-order valence-corrected chi connectivity index (χ4v) is 4.70. The van der Waals surface area contributed by atoms with E-state index in [0.717, 1.165) is 29.7 Å². The van der Waals surface area contributed by atoms with E-state index in [1.807, 2.05) is 41.8 Å². The number of hydrogen-bond donors (Lipinski definition) is 1. The van der Waals surface area contributed by atoms with Gasteiger partial charge in [0.15, 0.2) is 11.0 Å². The number of carbonyl (C=O) groups excluding carboxylic acids is 1. The molecule has 0 atom stereocenters. The van der Waals surface area contributed by atoms with Gasteiger partial charge in [0.25, 0.3) is 0 Å². The highest BCUT2D eigenvalue weighted by molar-refractivity contribution is 7.99. The molecule has 4 rings (SSSR count). The zero-order chi connectivity index (χ0) is 21.8. The van der Waals surface area contributed by atoms with E-state index in [4.69, 9.17) is 11.6 Å². The molecule has 158 valence electrons. The van der Waals surface area contributed by atoms with E-state index >= 15 is 0 Å². The van der Waals surface area contributed by atoms with Crippen LogP contribution in [0.1, 0.15) is 31.2 Å². The van der Waals surface area contributed by atoms with Crippen LogP contribution in [0.15, 0.2) is 47.9 Å². The van der Waals surface area contributed by atoms with E-state index in [0.29, 0.717) is 28.8 Å². The Morgan fingerprint density at radius 2 is 2.00 bits per heavy atom. The molecule has 3 aromatic rings. The maximum atomic E-state index is 12.6. The second-order valence-corrected chi connectivity index (χ2v) is 8.85. The Morgan fingerprint density at radius 3 is 2.71 bits per heavy atom. The summed E-state index contributed by atoms with van der Waals surface area (Å²) in [7, 11) is 0. The summed E-state index contributed by atoms with van der Waals surface area (Å²) < 4.78 is 1.91. The van der Waals surface area contributed by atoms with Crippen LogP contribution in [0.5, 0.6) is 0 Å². The van der Waals surface area contributed by atoms with E-state index in [1.165, 1.54) is 11.8 Å². The number of benzene rings is 1. The Morgan fingerprint density at radius 1 is 1.26 bits per heavy atom. The zero-order valence-corrected chi connectivity index (χ0v) is 18.6. The van der Waals surface area contributed by atoms with Gasteiger partial charge >= 0.3 is 0 Å². The van der Waals surface area contributed by atoms with Crippen molar-refractivity contribution >= 4 is 29.3 Å². The van der Waals surface area contributed by atoms with Crippen LogP contribution < -0.4 is 5.32 Å². The molecule has 2 aromatic heterocycles. The number of hydrogen-bond acceptors (Lipinski definition) is 6. The molecule has 1 amide bonds. The standard InChI is InChI=1S/C22H21ClN6OS/c1-15-17(23)5-4-6-18(15)29-20(16-7-11-25-12-8-16)27-28-21(29)31-13-19(30)26-22(14-24)9-2-3-10-22/h4-8,11-12H,2-3,9-10,13H2,1H3,(H,26,30). The maximum Gasteiger partial charge on any atom is 0.231 e.